The fraction of sp³-hybridized carbons (Fsp3) is 1.00. The molecule has 1 fully saturated rings. The third-order valence-electron chi connectivity index (χ3n) is 2.60. The molecule has 1 heterocycles. The van der Waals surface area contributed by atoms with E-state index in [9.17, 15) is 18.3 Å². The van der Waals surface area contributed by atoms with E-state index in [4.69, 9.17) is 0 Å². The van der Waals surface area contributed by atoms with Gasteiger partial charge in [0.15, 0.2) is 0 Å². The van der Waals surface area contributed by atoms with Crippen LogP contribution in [0.3, 0.4) is 0 Å². The molecule has 1 saturated heterocycles. The molecule has 2 nitrogen and oxygen atoms in total. The Kier molecular flexibility index (Phi) is 4.19. The monoisotopic (exact) mass is 211 g/mol. The summed E-state index contributed by atoms with van der Waals surface area (Å²) >= 11 is 0. The van der Waals surface area contributed by atoms with Gasteiger partial charge in [-0.15, -0.1) is 0 Å². The second-order valence-corrected chi connectivity index (χ2v) is 3.83. The van der Waals surface area contributed by atoms with Crippen LogP contribution in [-0.2, 0) is 0 Å². The summed E-state index contributed by atoms with van der Waals surface area (Å²) in [7, 11) is 0. The van der Waals surface area contributed by atoms with E-state index in [-0.39, 0.29) is 12.3 Å². The fourth-order valence-corrected chi connectivity index (χ4v) is 1.75. The maximum Gasteiger partial charge on any atom is 0.389 e. The van der Waals surface area contributed by atoms with Crippen molar-refractivity contribution in [3.63, 3.8) is 0 Å². The first kappa shape index (κ1) is 11.8. The Bertz CT molecular complexity index is 166. The smallest absolute Gasteiger partial charge is 0.389 e. The van der Waals surface area contributed by atoms with Gasteiger partial charge in [0, 0.05) is 13.0 Å². The molecule has 0 aromatic rings. The summed E-state index contributed by atoms with van der Waals surface area (Å²) in [6.07, 6.45) is -4.26. The van der Waals surface area contributed by atoms with Crippen molar-refractivity contribution >= 4 is 0 Å². The minimum Gasteiger partial charge on any atom is -0.393 e. The molecule has 14 heavy (non-hydrogen) atoms. The molecule has 2 atom stereocenters. The lowest BCUT2D eigenvalue weighted by atomic mass is 9.91. The predicted molar refractivity (Wildman–Crippen MR) is 46.9 cm³/mol. The van der Waals surface area contributed by atoms with Crippen molar-refractivity contribution in [3.05, 3.63) is 0 Å². The lowest BCUT2D eigenvalue weighted by Gasteiger charge is -2.27. The van der Waals surface area contributed by atoms with Crippen LogP contribution in [0.5, 0.6) is 0 Å². The Labute approximate surface area is 81.5 Å². The highest BCUT2D eigenvalue weighted by atomic mass is 19.4. The molecule has 5 heteroatoms. The number of aliphatic hydroxyl groups excluding tert-OH is 1. The Morgan fingerprint density at radius 3 is 2.64 bits per heavy atom. The van der Waals surface area contributed by atoms with Gasteiger partial charge in [0.2, 0.25) is 0 Å². The van der Waals surface area contributed by atoms with Gasteiger partial charge in [-0.1, -0.05) is 0 Å². The summed E-state index contributed by atoms with van der Waals surface area (Å²) in [4.78, 5) is 0. The topological polar surface area (TPSA) is 32.3 Å². The Morgan fingerprint density at radius 1 is 1.43 bits per heavy atom. The lowest BCUT2D eigenvalue weighted by molar-refractivity contribution is -0.141. The summed E-state index contributed by atoms with van der Waals surface area (Å²) in [5.74, 6) is -0.00824. The molecule has 0 saturated carbocycles. The van der Waals surface area contributed by atoms with E-state index >= 15 is 0 Å². The Hall–Kier alpha value is -0.290. The third-order valence-corrected chi connectivity index (χ3v) is 2.60. The first-order chi connectivity index (χ1) is 6.49. The molecule has 1 aliphatic heterocycles. The molecule has 0 bridgehead atoms. The maximum atomic E-state index is 11.9. The van der Waals surface area contributed by atoms with Gasteiger partial charge in [0.25, 0.3) is 0 Å². The number of piperidine rings is 1. The second-order valence-electron chi connectivity index (χ2n) is 3.83. The van der Waals surface area contributed by atoms with Gasteiger partial charge in [-0.2, -0.15) is 13.2 Å². The predicted octanol–water partition coefficient (Wildman–Crippen LogP) is 1.69. The van der Waals surface area contributed by atoms with Crippen molar-refractivity contribution in [2.45, 2.75) is 38.0 Å². The number of nitrogens with one attached hydrogen (secondary N) is 1. The maximum absolute atomic E-state index is 11.9. The van der Waals surface area contributed by atoms with E-state index in [1.54, 1.807) is 0 Å². The van der Waals surface area contributed by atoms with E-state index in [2.05, 4.69) is 5.32 Å². The summed E-state index contributed by atoms with van der Waals surface area (Å²) in [6, 6.07) is 0. The summed E-state index contributed by atoms with van der Waals surface area (Å²) < 4.78 is 35.6. The molecule has 0 spiro atoms. The van der Waals surface area contributed by atoms with Gasteiger partial charge >= 0.3 is 6.18 Å². The summed E-state index contributed by atoms with van der Waals surface area (Å²) in [5.41, 5.74) is 0. The molecule has 2 unspecified atom stereocenters. The van der Waals surface area contributed by atoms with Crippen molar-refractivity contribution in [1.82, 2.24) is 5.32 Å². The van der Waals surface area contributed by atoms with E-state index in [0.29, 0.717) is 6.54 Å². The van der Waals surface area contributed by atoms with Crippen LogP contribution in [0, 0.1) is 5.92 Å². The van der Waals surface area contributed by atoms with Crippen LogP contribution in [-0.4, -0.2) is 30.5 Å². The average Bonchev–Trinajstić information content (AvgIpc) is 2.14. The normalized spacial score (nSPS) is 26.1. The first-order valence-corrected chi connectivity index (χ1v) is 4.94. The lowest BCUT2D eigenvalue weighted by Crippen LogP contribution is -2.37. The molecule has 0 amide bonds. The van der Waals surface area contributed by atoms with Crippen LogP contribution >= 0.6 is 0 Å². The van der Waals surface area contributed by atoms with E-state index in [1.165, 1.54) is 0 Å². The molecule has 84 valence electrons. The zero-order chi connectivity index (χ0) is 10.6. The molecule has 0 aromatic carbocycles. The third kappa shape index (κ3) is 4.28. The summed E-state index contributed by atoms with van der Waals surface area (Å²) in [6.45, 7) is 1.54. The van der Waals surface area contributed by atoms with Crippen LogP contribution in [0.2, 0.25) is 0 Å². The molecular formula is C9H16F3NO. The minimum atomic E-state index is -4.15. The Balaban J connectivity index is 2.23. The van der Waals surface area contributed by atoms with Crippen molar-refractivity contribution in [1.29, 1.82) is 0 Å². The molecule has 2 N–H and O–H groups in total. The van der Waals surface area contributed by atoms with Gasteiger partial charge in [-0.05, 0) is 31.7 Å². The van der Waals surface area contributed by atoms with Crippen LogP contribution in [0.25, 0.3) is 0 Å². The first-order valence-electron chi connectivity index (χ1n) is 4.94. The van der Waals surface area contributed by atoms with Gasteiger partial charge in [0.05, 0.1) is 6.10 Å². The van der Waals surface area contributed by atoms with Crippen LogP contribution < -0.4 is 5.32 Å². The molecule has 1 rings (SSSR count). The van der Waals surface area contributed by atoms with Crippen LogP contribution in [0.1, 0.15) is 25.7 Å². The number of hydrogen-bond donors (Lipinski definition) is 2. The van der Waals surface area contributed by atoms with Gasteiger partial charge in [-0.25, -0.2) is 0 Å². The van der Waals surface area contributed by atoms with E-state index in [0.717, 1.165) is 19.4 Å². The number of rotatable bonds is 3. The molecular weight excluding hydrogens is 195 g/mol. The molecule has 1 aliphatic rings. The Morgan fingerprint density at radius 2 is 2.14 bits per heavy atom. The molecule has 0 radical (unpaired) electrons. The van der Waals surface area contributed by atoms with Crippen molar-refractivity contribution in [3.8, 4) is 0 Å². The number of alkyl halides is 3. The minimum absolute atomic E-state index is 0.00824. The highest BCUT2D eigenvalue weighted by Crippen LogP contribution is 2.25. The van der Waals surface area contributed by atoms with E-state index < -0.39 is 18.7 Å². The number of aliphatic hydroxyl groups is 1. The fourth-order valence-electron chi connectivity index (χ4n) is 1.75. The second kappa shape index (κ2) is 4.98. The largest absolute Gasteiger partial charge is 0.393 e. The highest BCUT2D eigenvalue weighted by Gasteiger charge is 2.30. The van der Waals surface area contributed by atoms with Crippen molar-refractivity contribution in [2.24, 2.45) is 5.92 Å². The standard InChI is InChI=1S/C9H16F3NO/c10-9(11,12)4-3-8(14)7-2-1-5-13-6-7/h7-8,13-14H,1-6H2. The van der Waals surface area contributed by atoms with Gasteiger partial charge < -0.3 is 10.4 Å². The zero-order valence-corrected chi connectivity index (χ0v) is 7.98. The average molecular weight is 211 g/mol. The SMILES string of the molecule is OC(CCC(F)(F)F)C1CCCNC1. The molecule has 0 aliphatic carbocycles. The number of hydrogen-bond acceptors (Lipinski definition) is 2. The quantitative estimate of drug-likeness (QED) is 0.744. The van der Waals surface area contributed by atoms with Crippen LogP contribution in [0.4, 0.5) is 13.2 Å². The van der Waals surface area contributed by atoms with Crippen molar-refractivity contribution in [2.75, 3.05) is 13.1 Å². The zero-order valence-electron chi connectivity index (χ0n) is 7.98. The highest BCUT2D eigenvalue weighted by molar-refractivity contribution is 4.76. The molecule has 0 aromatic heterocycles. The summed E-state index contributed by atoms with van der Waals surface area (Å²) in [5, 5.41) is 12.6. The van der Waals surface area contributed by atoms with E-state index in [1.807, 2.05) is 0 Å². The van der Waals surface area contributed by atoms with Gasteiger partial charge in [0.1, 0.15) is 0 Å². The van der Waals surface area contributed by atoms with Gasteiger partial charge in [-0.3, -0.25) is 0 Å². The van der Waals surface area contributed by atoms with Crippen molar-refractivity contribution < 1.29 is 18.3 Å². The number of halogens is 3. The van der Waals surface area contributed by atoms with Crippen LogP contribution in [0.15, 0.2) is 0 Å².